The van der Waals surface area contributed by atoms with Crippen molar-refractivity contribution in [3.05, 3.63) is 89.7 Å². The number of nitrogens with zero attached hydrogens (tertiary/aromatic N) is 4. The van der Waals surface area contributed by atoms with Crippen molar-refractivity contribution in [3.63, 3.8) is 0 Å². The Bertz CT molecular complexity index is 1280. The Labute approximate surface area is 193 Å². The third-order valence-corrected chi connectivity index (χ3v) is 6.96. The van der Waals surface area contributed by atoms with Crippen LogP contribution in [0.3, 0.4) is 0 Å². The van der Waals surface area contributed by atoms with Crippen LogP contribution in [0.25, 0.3) is 15.9 Å². The van der Waals surface area contributed by atoms with Crippen molar-refractivity contribution in [2.45, 2.75) is 17.5 Å². The molecule has 0 aliphatic heterocycles. The first-order chi connectivity index (χ1) is 15.8. The van der Waals surface area contributed by atoms with Crippen molar-refractivity contribution in [2.24, 2.45) is 0 Å². The fourth-order valence-corrected chi connectivity index (χ4v) is 5.18. The average Bonchev–Trinajstić information content (AvgIpc) is 3.45. The highest BCUT2D eigenvalue weighted by Gasteiger charge is 2.16. The maximum atomic E-state index is 5.97. The van der Waals surface area contributed by atoms with E-state index in [0.29, 0.717) is 6.61 Å². The molecule has 0 spiro atoms. The van der Waals surface area contributed by atoms with E-state index in [0.717, 1.165) is 44.4 Å². The van der Waals surface area contributed by atoms with Gasteiger partial charge in [0.1, 0.15) is 23.1 Å². The maximum Gasteiger partial charge on any atom is 0.196 e. The minimum atomic E-state index is 0.302. The lowest BCUT2D eigenvalue weighted by Crippen LogP contribution is -2.06. The third-order valence-electron chi connectivity index (χ3n) is 4.81. The number of benzene rings is 3. The van der Waals surface area contributed by atoms with E-state index in [2.05, 4.69) is 16.3 Å². The number of hydrogen-bond donors (Lipinski definition) is 0. The lowest BCUT2D eigenvalue weighted by atomic mass is 10.3. The van der Waals surface area contributed by atoms with E-state index in [1.807, 2.05) is 77.4 Å². The molecular formula is C24H20N4O2S2. The van der Waals surface area contributed by atoms with Gasteiger partial charge >= 0.3 is 0 Å². The van der Waals surface area contributed by atoms with E-state index >= 15 is 0 Å². The van der Waals surface area contributed by atoms with Crippen LogP contribution in [0.4, 0.5) is 0 Å². The second-order valence-electron chi connectivity index (χ2n) is 6.90. The predicted molar refractivity (Wildman–Crippen MR) is 128 cm³/mol. The van der Waals surface area contributed by atoms with Crippen molar-refractivity contribution in [1.82, 2.24) is 19.7 Å². The highest BCUT2D eigenvalue weighted by atomic mass is 32.2. The molecule has 5 rings (SSSR count). The number of methoxy groups -OCH3 is 1. The molecule has 0 saturated heterocycles. The number of rotatable bonds is 8. The molecule has 0 aliphatic rings. The molecule has 0 unspecified atom stereocenters. The van der Waals surface area contributed by atoms with Gasteiger partial charge in [0.05, 0.1) is 23.1 Å². The Kier molecular flexibility index (Phi) is 6.04. The molecule has 0 fully saturated rings. The highest BCUT2D eigenvalue weighted by molar-refractivity contribution is 7.98. The summed E-state index contributed by atoms with van der Waals surface area (Å²) in [5, 5.41) is 10.7. The van der Waals surface area contributed by atoms with Gasteiger partial charge < -0.3 is 9.47 Å². The number of aromatic nitrogens is 4. The fourth-order valence-electron chi connectivity index (χ4n) is 3.25. The van der Waals surface area contributed by atoms with Crippen molar-refractivity contribution in [1.29, 1.82) is 0 Å². The zero-order valence-corrected chi connectivity index (χ0v) is 19.0. The molecule has 0 aliphatic carbocycles. The molecule has 32 heavy (non-hydrogen) atoms. The minimum Gasteiger partial charge on any atom is -0.497 e. The second-order valence-corrected chi connectivity index (χ2v) is 8.96. The Balaban J connectivity index is 1.37. The van der Waals surface area contributed by atoms with Crippen LogP contribution in [0.15, 0.2) is 84.0 Å². The summed E-state index contributed by atoms with van der Waals surface area (Å²) >= 11 is 3.33. The lowest BCUT2D eigenvalue weighted by molar-refractivity contribution is 0.292. The van der Waals surface area contributed by atoms with Crippen molar-refractivity contribution in [2.75, 3.05) is 7.11 Å². The zero-order valence-electron chi connectivity index (χ0n) is 17.3. The lowest BCUT2D eigenvalue weighted by Gasteiger charge is -2.11. The number of para-hydroxylation sites is 2. The number of hydrogen-bond acceptors (Lipinski definition) is 7. The van der Waals surface area contributed by atoms with Gasteiger partial charge in [0.15, 0.2) is 11.0 Å². The van der Waals surface area contributed by atoms with Gasteiger partial charge in [0, 0.05) is 5.69 Å². The van der Waals surface area contributed by atoms with Crippen LogP contribution in [-0.2, 0) is 12.4 Å². The first-order valence-corrected chi connectivity index (χ1v) is 11.8. The smallest absolute Gasteiger partial charge is 0.196 e. The number of fused-ring (bicyclic) bond motifs is 1. The van der Waals surface area contributed by atoms with Crippen LogP contribution in [-0.4, -0.2) is 26.9 Å². The second kappa shape index (κ2) is 9.42. The van der Waals surface area contributed by atoms with Crippen molar-refractivity contribution in [3.8, 4) is 17.2 Å². The Hall–Kier alpha value is -3.36. The summed E-state index contributed by atoms with van der Waals surface area (Å²) < 4.78 is 14.4. The van der Waals surface area contributed by atoms with Gasteiger partial charge in [0.2, 0.25) is 0 Å². The Morgan fingerprint density at radius 3 is 2.41 bits per heavy atom. The summed E-state index contributed by atoms with van der Waals surface area (Å²) in [6.07, 6.45) is 0. The van der Waals surface area contributed by atoms with Crippen molar-refractivity contribution < 1.29 is 9.47 Å². The van der Waals surface area contributed by atoms with E-state index in [4.69, 9.17) is 14.5 Å². The minimum absolute atomic E-state index is 0.302. The fraction of sp³-hybridized carbons (Fsp3) is 0.125. The molecule has 2 aromatic heterocycles. The van der Waals surface area contributed by atoms with Gasteiger partial charge in [-0.15, -0.1) is 21.5 Å². The molecule has 0 amide bonds. The summed E-state index contributed by atoms with van der Waals surface area (Å²) in [6.45, 7) is 0.302. The van der Waals surface area contributed by atoms with E-state index < -0.39 is 0 Å². The average molecular weight is 461 g/mol. The molecule has 160 valence electrons. The quantitative estimate of drug-likeness (QED) is 0.275. The first-order valence-electron chi connectivity index (χ1n) is 10.0. The van der Waals surface area contributed by atoms with Gasteiger partial charge in [-0.2, -0.15) is 0 Å². The molecule has 0 saturated carbocycles. The molecule has 2 heterocycles. The molecule has 0 radical (unpaired) electrons. The summed E-state index contributed by atoms with van der Waals surface area (Å²) in [4.78, 5) is 4.73. The summed E-state index contributed by atoms with van der Waals surface area (Å²) in [5.74, 6) is 3.00. The molecule has 5 aromatic rings. The molecule has 6 nitrogen and oxygen atoms in total. The van der Waals surface area contributed by atoms with Gasteiger partial charge in [-0.3, -0.25) is 4.57 Å². The molecule has 0 bridgehead atoms. The van der Waals surface area contributed by atoms with E-state index in [1.165, 1.54) is 4.70 Å². The molecule has 0 atom stereocenters. The highest BCUT2D eigenvalue weighted by Crippen LogP contribution is 2.30. The Morgan fingerprint density at radius 2 is 1.62 bits per heavy atom. The van der Waals surface area contributed by atoms with Crippen LogP contribution < -0.4 is 9.47 Å². The summed E-state index contributed by atoms with van der Waals surface area (Å²) in [6, 6.07) is 25.8. The van der Waals surface area contributed by atoms with Gasteiger partial charge in [-0.25, -0.2) is 4.98 Å². The summed E-state index contributed by atoms with van der Waals surface area (Å²) in [7, 11) is 1.64. The number of thiazole rings is 1. The SMILES string of the molecule is COc1ccc(OCc2nnc(SCc3nc4ccccc4s3)n2-c2ccccc2)cc1. The van der Waals surface area contributed by atoms with Crippen LogP contribution >= 0.6 is 23.1 Å². The van der Waals surface area contributed by atoms with E-state index in [1.54, 1.807) is 30.2 Å². The van der Waals surface area contributed by atoms with Gasteiger partial charge in [0.25, 0.3) is 0 Å². The van der Waals surface area contributed by atoms with Gasteiger partial charge in [-0.05, 0) is 48.5 Å². The molecule has 8 heteroatoms. The Morgan fingerprint density at radius 1 is 0.875 bits per heavy atom. The molecule has 0 N–H and O–H groups in total. The largest absolute Gasteiger partial charge is 0.497 e. The van der Waals surface area contributed by atoms with Gasteiger partial charge in [-0.1, -0.05) is 42.1 Å². The standard InChI is InChI=1S/C24H20N4O2S2/c1-29-18-11-13-19(14-12-18)30-15-22-26-27-24(28(22)17-7-3-2-4-8-17)31-16-23-25-20-9-5-6-10-21(20)32-23/h2-14H,15-16H2,1H3. The number of thioether (sulfide) groups is 1. The number of ether oxygens (including phenoxy) is 2. The maximum absolute atomic E-state index is 5.97. The monoisotopic (exact) mass is 460 g/mol. The van der Waals surface area contributed by atoms with Crippen LogP contribution in [0.5, 0.6) is 11.5 Å². The van der Waals surface area contributed by atoms with Crippen molar-refractivity contribution >= 4 is 33.3 Å². The van der Waals surface area contributed by atoms with Crippen LogP contribution in [0.1, 0.15) is 10.8 Å². The molecule has 3 aromatic carbocycles. The predicted octanol–water partition coefficient (Wildman–Crippen LogP) is 5.76. The summed E-state index contributed by atoms with van der Waals surface area (Å²) in [5.41, 5.74) is 2.03. The molecular weight excluding hydrogens is 440 g/mol. The van der Waals surface area contributed by atoms with E-state index in [9.17, 15) is 0 Å². The van der Waals surface area contributed by atoms with E-state index in [-0.39, 0.29) is 0 Å². The zero-order chi connectivity index (χ0) is 21.8. The van der Waals surface area contributed by atoms with Crippen LogP contribution in [0, 0.1) is 0 Å². The first kappa shape index (κ1) is 20.5. The third kappa shape index (κ3) is 4.46. The van der Waals surface area contributed by atoms with Crippen LogP contribution in [0.2, 0.25) is 0 Å². The topological polar surface area (TPSA) is 62.1 Å². The normalized spacial score (nSPS) is 11.0.